The number of ether oxygens (including phenoxy) is 1. The van der Waals surface area contributed by atoms with Crippen molar-refractivity contribution in [3.05, 3.63) is 11.3 Å². The minimum atomic E-state index is -3.63. The number of nitrogens with zero attached hydrogens (tertiary/aromatic N) is 1. The van der Waals surface area contributed by atoms with Gasteiger partial charge in [0.2, 0.25) is 18.0 Å². The van der Waals surface area contributed by atoms with Gasteiger partial charge in [0.05, 0.1) is 11.8 Å². The average Bonchev–Trinajstić information content (AvgIpc) is 2.41. The number of β-lactam (4-membered cyclic amide) rings is 1. The van der Waals surface area contributed by atoms with Gasteiger partial charge in [0.1, 0.15) is 11.4 Å². The fourth-order valence-electron chi connectivity index (χ4n) is 2.42. The van der Waals surface area contributed by atoms with Gasteiger partial charge < -0.3 is 15.2 Å². The molecular formula is C13H16N2O8S2. The Labute approximate surface area is 147 Å². The molecule has 12 heteroatoms. The van der Waals surface area contributed by atoms with Crippen molar-refractivity contribution in [2.24, 2.45) is 0 Å². The van der Waals surface area contributed by atoms with Crippen LogP contribution >= 0.6 is 11.8 Å². The molecule has 1 saturated heterocycles. The molecule has 0 aromatic carbocycles. The number of hydrogen-bond donors (Lipinski definition) is 2. The van der Waals surface area contributed by atoms with Crippen molar-refractivity contribution in [3.8, 4) is 0 Å². The van der Waals surface area contributed by atoms with E-state index in [1.165, 1.54) is 11.8 Å². The second kappa shape index (κ2) is 7.04. The number of esters is 1. The molecule has 138 valence electrons. The minimum absolute atomic E-state index is 0.0128. The molecule has 0 saturated carbocycles. The molecule has 0 spiro atoms. The second-order valence-electron chi connectivity index (χ2n) is 5.54. The highest BCUT2D eigenvalue weighted by Crippen LogP contribution is 2.40. The number of nitrogens with one attached hydrogen (secondary N) is 1. The van der Waals surface area contributed by atoms with Gasteiger partial charge in [-0.25, -0.2) is 13.2 Å². The van der Waals surface area contributed by atoms with Crippen LogP contribution in [0.15, 0.2) is 11.3 Å². The summed E-state index contributed by atoms with van der Waals surface area (Å²) in [7, 11) is -3.63. The smallest absolute Gasteiger partial charge is 0.352 e. The topological polar surface area (TPSA) is 147 Å². The lowest BCUT2D eigenvalue weighted by atomic mass is 10.1. The van der Waals surface area contributed by atoms with Gasteiger partial charge in [-0.1, -0.05) is 0 Å². The molecule has 2 aliphatic heterocycles. The number of thioether (sulfide) groups is 1. The number of hydrogen-bond acceptors (Lipinski definition) is 8. The number of carboxylic acid groups (broad SMARTS) is 1. The molecule has 2 atom stereocenters. The summed E-state index contributed by atoms with van der Waals surface area (Å²) in [6.07, 6.45) is -0.414. The number of carbonyl (C=O) groups is 4. The summed E-state index contributed by atoms with van der Waals surface area (Å²) >= 11 is 1.26. The summed E-state index contributed by atoms with van der Waals surface area (Å²) < 4.78 is 27.4. The quantitative estimate of drug-likeness (QED) is 0.319. The first-order valence-electron chi connectivity index (χ1n) is 7.04. The standard InChI is InChI=1S/C13H16N2O8S2/c1-6(16)23-12(14-8(17)5-25(2,21)22)7-4-24-10-3-9(18)15(10)11(7)13(19)20/h10,12H,3-5H2,1-2H3,(H,14,17)(H,19,20)/t10-,12?/m1/s1. The van der Waals surface area contributed by atoms with E-state index in [0.717, 1.165) is 18.1 Å². The molecule has 2 N–H and O–H groups in total. The number of carbonyl (C=O) groups excluding carboxylic acids is 3. The lowest BCUT2D eigenvalue weighted by Gasteiger charge is -2.44. The van der Waals surface area contributed by atoms with Crippen molar-refractivity contribution in [2.45, 2.75) is 24.9 Å². The summed E-state index contributed by atoms with van der Waals surface area (Å²) in [5.74, 6) is -4.29. The van der Waals surface area contributed by atoms with E-state index in [0.29, 0.717) is 0 Å². The maximum absolute atomic E-state index is 11.9. The highest BCUT2D eigenvalue weighted by Gasteiger charge is 2.47. The fourth-order valence-corrected chi connectivity index (χ4v) is 4.27. The molecule has 0 bridgehead atoms. The third kappa shape index (κ3) is 4.51. The summed E-state index contributed by atoms with van der Waals surface area (Å²) in [6, 6.07) is 0. The van der Waals surface area contributed by atoms with Crippen LogP contribution in [0.5, 0.6) is 0 Å². The lowest BCUT2D eigenvalue weighted by Crippen LogP contribution is -2.56. The summed E-state index contributed by atoms with van der Waals surface area (Å²) in [6.45, 7) is 1.06. The third-order valence-corrected chi connectivity index (χ3v) is 5.40. The molecule has 25 heavy (non-hydrogen) atoms. The first-order valence-corrected chi connectivity index (χ1v) is 10.1. The molecule has 2 amide bonds. The monoisotopic (exact) mass is 392 g/mol. The first kappa shape index (κ1) is 19.2. The van der Waals surface area contributed by atoms with Crippen molar-refractivity contribution in [1.82, 2.24) is 10.2 Å². The van der Waals surface area contributed by atoms with Crippen LogP contribution in [-0.4, -0.2) is 71.5 Å². The molecule has 2 heterocycles. The van der Waals surface area contributed by atoms with E-state index in [4.69, 9.17) is 4.74 Å². The Balaban J connectivity index is 2.36. The van der Waals surface area contributed by atoms with Crippen molar-refractivity contribution < 1.29 is 37.4 Å². The van der Waals surface area contributed by atoms with Crippen LogP contribution in [-0.2, 0) is 33.8 Å². The predicted molar refractivity (Wildman–Crippen MR) is 85.8 cm³/mol. The summed E-state index contributed by atoms with van der Waals surface area (Å²) in [5, 5.41) is 11.3. The Hall–Kier alpha value is -2.08. The first-order chi connectivity index (χ1) is 11.5. The molecule has 2 rings (SSSR count). The van der Waals surface area contributed by atoms with Crippen molar-refractivity contribution in [2.75, 3.05) is 17.8 Å². The Bertz CT molecular complexity index is 773. The van der Waals surface area contributed by atoms with E-state index in [2.05, 4.69) is 5.32 Å². The van der Waals surface area contributed by atoms with Gasteiger partial charge >= 0.3 is 11.9 Å². The van der Waals surface area contributed by atoms with E-state index in [9.17, 15) is 32.7 Å². The number of fused-ring (bicyclic) bond motifs is 1. The average molecular weight is 392 g/mol. The number of amides is 2. The molecule has 1 unspecified atom stereocenters. The van der Waals surface area contributed by atoms with E-state index < -0.39 is 45.6 Å². The van der Waals surface area contributed by atoms with Crippen LogP contribution in [0.25, 0.3) is 0 Å². The molecule has 0 radical (unpaired) electrons. The zero-order valence-electron chi connectivity index (χ0n) is 13.3. The second-order valence-corrected chi connectivity index (χ2v) is 8.85. The zero-order valence-corrected chi connectivity index (χ0v) is 15.0. The Morgan fingerprint density at radius 1 is 1.44 bits per heavy atom. The van der Waals surface area contributed by atoms with Crippen LogP contribution in [0.2, 0.25) is 0 Å². The van der Waals surface area contributed by atoms with Crippen LogP contribution in [0.4, 0.5) is 0 Å². The largest absolute Gasteiger partial charge is 0.477 e. The van der Waals surface area contributed by atoms with E-state index in [1.54, 1.807) is 0 Å². The Morgan fingerprint density at radius 2 is 2.08 bits per heavy atom. The van der Waals surface area contributed by atoms with Crippen molar-refractivity contribution in [3.63, 3.8) is 0 Å². The molecule has 10 nitrogen and oxygen atoms in total. The maximum atomic E-state index is 11.9. The molecule has 0 aliphatic carbocycles. The van der Waals surface area contributed by atoms with Gasteiger partial charge in [0, 0.05) is 24.5 Å². The molecule has 2 aliphatic rings. The Morgan fingerprint density at radius 3 is 2.56 bits per heavy atom. The summed E-state index contributed by atoms with van der Waals surface area (Å²) in [4.78, 5) is 47.6. The Kier molecular flexibility index (Phi) is 5.42. The van der Waals surface area contributed by atoms with E-state index >= 15 is 0 Å². The zero-order chi connectivity index (χ0) is 18.9. The normalized spacial score (nSPS) is 21.1. The van der Waals surface area contributed by atoms with Crippen molar-refractivity contribution >= 4 is 45.4 Å². The predicted octanol–water partition coefficient (Wildman–Crippen LogP) is -1.32. The van der Waals surface area contributed by atoms with Crippen molar-refractivity contribution in [1.29, 1.82) is 0 Å². The van der Waals surface area contributed by atoms with E-state index in [1.807, 2.05) is 0 Å². The fraction of sp³-hybridized carbons (Fsp3) is 0.538. The van der Waals surface area contributed by atoms with Gasteiger partial charge in [-0.05, 0) is 0 Å². The van der Waals surface area contributed by atoms with Gasteiger partial charge in [-0.15, -0.1) is 11.8 Å². The third-order valence-electron chi connectivity index (χ3n) is 3.37. The summed E-state index contributed by atoms with van der Waals surface area (Å²) in [5.41, 5.74) is -0.343. The SMILES string of the molecule is CC(=O)OC(NC(=O)CS(C)(=O)=O)C1=C(C(=O)O)N2C(=O)C[C@H]2SC1. The number of aliphatic carboxylic acids is 1. The van der Waals surface area contributed by atoms with Crippen LogP contribution in [0.1, 0.15) is 13.3 Å². The van der Waals surface area contributed by atoms with Gasteiger partial charge in [0.25, 0.3) is 0 Å². The number of carboxylic acids is 1. The lowest BCUT2D eigenvalue weighted by molar-refractivity contribution is -0.149. The maximum Gasteiger partial charge on any atom is 0.352 e. The van der Waals surface area contributed by atoms with Crippen LogP contribution in [0.3, 0.4) is 0 Å². The van der Waals surface area contributed by atoms with Gasteiger partial charge in [-0.3, -0.25) is 19.3 Å². The highest BCUT2D eigenvalue weighted by atomic mass is 32.2. The molecular weight excluding hydrogens is 376 g/mol. The minimum Gasteiger partial charge on any atom is -0.477 e. The van der Waals surface area contributed by atoms with Crippen LogP contribution < -0.4 is 5.32 Å². The van der Waals surface area contributed by atoms with E-state index in [-0.39, 0.29) is 28.8 Å². The molecule has 0 aromatic heterocycles. The number of sulfone groups is 1. The number of rotatable bonds is 6. The van der Waals surface area contributed by atoms with Gasteiger partial charge in [-0.2, -0.15) is 0 Å². The highest BCUT2D eigenvalue weighted by molar-refractivity contribution is 8.00. The van der Waals surface area contributed by atoms with Gasteiger partial charge in [0.15, 0.2) is 9.84 Å². The molecule has 0 aromatic rings. The van der Waals surface area contributed by atoms with Crippen LogP contribution in [0, 0.1) is 0 Å². The molecule has 1 fully saturated rings.